The summed E-state index contributed by atoms with van der Waals surface area (Å²) in [5.74, 6) is 0.774. The molecule has 1 amide bonds. The van der Waals surface area contributed by atoms with Crippen LogP contribution in [0.3, 0.4) is 0 Å². The third-order valence-electron chi connectivity index (χ3n) is 7.87. The number of carbonyl (C=O) groups is 1. The van der Waals surface area contributed by atoms with Gasteiger partial charge in [-0.25, -0.2) is 9.97 Å². The standard InChI is InChI=1S/C30H37N5O/c1-22-21-34(27-14-16-33(17-15-27)30(36)28-20-31-24(3)32-23(28)2)18-19-35(22)29(25-10-6-4-7-11-25)26-12-8-5-9-13-26/h4-13,20,22,27,29H,14-19,21H2,1-3H3/t22-/m0/s1. The van der Waals surface area contributed by atoms with Crippen molar-refractivity contribution in [3.63, 3.8) is 0 Å². The van der Waals surface area contributed by atoms with Crippen LogP contribution in [-0.4, -0.2) is 75.4 Å². The van der Waals surface area contributed by atoms with E-state index in [4.69, 9.17) is 0 Å². The molecule has 1 aromatic heterocycles. The van der Waals surface area contributed by atoms with E-state index in [9.17, 15) is 4.79 Å². The summed E-state index contributed by atoms with van der Waals surface area (Å²) in [4.78, 5) is 29.0. The average Bonchev–Trinajstić information content (AvgIpc) is 2.91. The molecule has 0 radical (unpaired) electrons. The van der Waals surface area contributed by atoms with Crippen molar-refractivity contribution in [1.82, 2.24) is 24.7 Å². The maximum Gasteiger partial charge on any atom is 0.257 e. The van der Waals surface area contributed by atoms with Gasteiger partial charge in [0.05, 0.1) is 17.3 Å². The van der Waals surface area contributed by atoms with Crippen LogP contribution in [0, 0.1) is 13.8 Å². The molecule has 3 heterocycles. The molecule has 6 nitrogen and oxygen atoms in total. The number of piperazine rings is 1. The lowest BCUT2D eigenvalue weighted by Gasteiger charge is -2.48. The van der Waals surface area contributed by atoms with Crippen LogP contribution in [0.15, 0.2) is 66.9 Å². The van der Waals surface area contributed by atoms with Gasteiger partial charge < -0.3 is 4.90 Å². The van der Waals surface area contributed by atoms with Crippen LogP contribution in [0.2, 0.25) is 0 Å². The van der Waals surface area contributed by atoms with Gasteiger partial charge in [0.2, 0.25) is 0 Å². The molecule has 6 heteroatoms. The zero-order valence-electron chi connectivity index (χ0n) is 21.7. The Labute approximate surface area is 215 Å². The quantitative estimate of drug-likeness (QED) is 0.535. The molecule has 188 valence electrons. The number of likely N-dealkylation sites (tertiary alicyclic amines) is 1. The van der Waals surface area contributed by atoms with Gasteiger partial charge in [-0.05, 0) is 44.7 Å². The normalized spacial score (nSPS) is 20.1. The molecule has 0 saturated carbocycles. The third-order valence-corrected chi connectivity index (χ3v) is 7.87. The highest BCUT2D eigenvalue weighted by molar-refractivity contribution is 5.95. The first-order valence-corrected chi connectivity index (χ1v) is 13.2. The zero-order chi connectivity index (χ0) is 25.1. The Morgan fingerprint density at radius 1 is 0.889 bits per heavy atom. The van der Waals surface area contributed by atoms with Gasteiger partial charge in [-0.15, -0.1) is 0 Å². The van der Waals surface area contributed by atoms with Gasteiger partial charge in [0, 0.05) is 51.0 Å². The molecule has 0 unspecified atom stereocenters. The maximum absolute atomic E-state index is 13.1. The van der Waals surface area contributed by atoms with Gasteiger partial charge in [-0.2, -0.15) is 0 Å². The van der Waals surface area contributed by atoms with Crippen molar-refractivity contribution in [1.29, 1.82) is 0 Å². The number of amides is 1. The summed E-state index contributed by atoms with van der Waals surface area (Å²) in [5, 5.41) is 0. The minimum absolute atomic E-state index is 0.0673. The second kappa shape index (κ2) is 10.9. The molecule has 2 aromatic carbocycles. The van der Waals surface area contributed by atoms with Gasteiger partial charge in [0.25, 0.3) is 5.91 Å². The first kappa shape index (κ1) is 24.6. The highest BCUT2D eigenvalue weighted by Gasteiger charge is 2.35. The van der Waals surface area contributed by atoms with Gasteiger partial charge in [-0.3, -0.25) is 14.6 Å². The molecule has 5 rings (SSSR count). The van der Waals surface area contributed by atoms with E-state index in [1.807, 2.05) is 18.7 Å². The fraction of sp³-hybridized carbons (Fsp3) is 0.433. The predicted molar refractivity (Wildman–Crippen MR) is 143 cm³/mol. The van der Waals surface area contributed by atoms with Crippen LogP contribution in [0.25, 0.3) is 0 Å². The molecule has 1 atom stereocenters. The van der Waals surface area contributed by atoms with E-state index in [0.29, 0.717) is 23.5 Å². The first-order chi connectivity index (χ1) is 17.5. The van der Waals surface area contributed by atoms with Gasteiger partial charge in [0.15, 0.2) is 0 Å². The highest BCUT2D eigenvalue weighted by atomic mass is 16.2. The number of benzene rings is 2. The van der Waals surface area contributed by atoms with Crippen molar-refractivity contribution in [2.75, 3.05) is 32.7 Å². The smallest absolute Gasteiger partial charge is 0.257 e. The van der Waals surface area contributed by atoms with Crippen LogP contribution in [-0.2, 0) is 0 Å². The van der Waals surface area contributed by atoms with E-state index in [1.54, 1.807) is 6.20 Å². The number of hydrogen-bond acceptors (Lipinski definition) is 5. The Kier molecular flexibility index (Phi) is 7.44. The second-order valence-corrected chi connectivity index (χ2v) is 10.2. The molecule has 2 fully saturated rings. The fourth-order valence-electron chi connectivity index (χ4n) is 5.96. The third kappa shape index (κ3) is 5.20. The number of piperidine rings is 1. The van der Waals surface area contributed by atoms with E-state index in [2.05, 4.69) is 87.4 Å². The predicted octanol–water partition coefficient (Wildman–Crippen LogP) is 4.49. The van der Waals surface area contributed by atoms with Crippen LogP contribution >= 0.6 is 0 Å². The molecular weight excluding hydrogens is 446 g/mol. The summed E-state index contributed by atoms with van der Waals surface area (Å²) in [6.45, 7) is 10.9. The van der Waals surface area contributed by atoms with E-state index >= 15 is 0 Å². The number of nitrogens with zero attached hydrogens (tertiary/aromatic N) is 5. The van der Waals surface area contributed by atoms with E-state index in [-0.39, 0.29) is 11.9 Å². The summed E-state index contributed by atoms with van der Waals surface area (Å²) in [5.41, 5.74) is 4.11. The van der Waals surface area contributed by atoms with Crippen LogP contribution in [0.5, 0.6) is 0 Å². The monoisotopic (exact) mass is 483 g/mol. The molecule has 3 aromatic rings. The van der Waals surface area contributed by atoms with Crippen molar-refractivity contribution in [2.24, 2.45) is 0 Å². The summed E-state index contributed by atoms with van der Waals surface area (Å²) >= 11 is 0. The SMILES string of the molecule is Cc1ncc(C(=O)N2CCC(N3CCN(C(c4ccccc4)c4ccccc4)[C@@H](C)C3)CC2)c(C)n1. The number of aryl methyl sites for hydroxylation is 2. The lowest BCUT2D eigenvalue weighted by atomic mass is 9.94. The Morgan fingerprint density at radius 3 is 2.06 bits per heavy atom. The van der Waals surface area contributed by atoms with Crippen molar-refractivity contribution >= 4 is 5.91 Å². The van der Waals surface area contributed by atoms with Crippen LogP contribution < -0.4 is 0 Å². The topological polar surface area (TPSA) is 52.6 Å². The van der Waals surface area contributed by atoms with E-state index in [1.165, 1.54) is 11.1 Å². The largest absolute Gasteiger partial charge is 0.338 e. The Morgan fingerprint density at radius 2 is 1.50 bits per heavy atom. The Hall–Kier alpha value is -3.09. The Bertz CT molecular complexity index is 1120. The molecule has 0 aliphatic carbocycles. The van der Waals surface area contributed by atoms with E-state index < -0.39 is 0 Å². The van der Waals surface area contributed by atoms with Crippen molar-refractivity contribution in [3.05, 3.63) is 95.1 Å². The van der Waals surface area contributed by atoms with Crippen molar-refractivity contribution in [2.45, 2.75) is 51.7 Å². The van der Waals surface area contributed by atoms with Gasteiger partial charge in [0.1, 0.15) is 5.82 Å². The minimum Gasteiger partial charge on any atom is -0.338 e. The van der Waals surface area contributed by atoms with E-state index in [0.717, 1.165) is 51.3 Å². The van der Waals surface area contributed by atoms with Gasteiger partial charge >= 0.3 is 0 Å². The lowest BCUT2D eigenvalue weighted by molar-refractivity contribution is 0.0172. The lowest BCUT2D eigenvalue weighted by Crippen LogP contribution is -2.57. The van der Waals surface area contributed by atoms with Crippen LogP contribution in [0.4, 0.5) is 0 Å². The first-order valence-electron chi connectivity index (χ1n) is 13.2. The number of hydrogen-bond donors (Lipinski definition) is 0. The number of carbonyl (C=O) groups excluding carboxylic acids is 1. The molecule has 36 heavy (non-hydrogen) atoms. The number of rotatable bonds is 5. The fourth-order valence-corrected chi connectivity index (χ4v) is 5.96. The highest BCUT2D eigenvalue weighted by Crippen LogP contribution is 2.33. The number of aromatic nitrogens is 2. The summed E-state index contributed by atoms with van der Waals surface area (Å²) in [6.07, 6.45) is 3.72. The molecule has 2 aliphatic rings. The minimum atomic E-state index is 0.0673. The molecule has 0 spiro atoms. The summed E-state index contributed by atoms with van der Waals surface area (Å²) in [7, 11) is 0. The molecule has 2 aliphatic heterocycles. The van der Waals surface area contributed by atoms with Gasteiger partial charge in [-0.1, -0.05) is 60.7 Å². The molecular formula is C30H37N5O. The zero-order valence-corrected chi connectivity index (χ0v) is 21.7. The van der Waals surface area contributed by atoms with Crippen molar-refractivity contribution in [3.8, 4) is 0 Å². The average molecular weight is 484 g/mol. The summed E-state index contributed by atoms with van der Waals surface area (Å²) < 4.78 is 0. The maximum atomic E-state index is 13.1. The molecule has 0 N–H and O–H groups in total. The molecule has 0 bridgehead atoms. The van der Waals surface area contributed by atoms with Crippen LogP contribution in [0.1, 0.15) is 58.8 Å². The molecule has 2 saturated heterocycles. The Balaban J connectivity index is 1.22. The summed E-state index contributed by atoms with van der Waals surface area (Å²) in [6, 6.07) is 23.0. The van der Waals surface area contributed by atoms with Crippen molar-refractivity contribution < 1.29 is 4.79 Å². The second-order valence-electron chi connectivity index (χ2n) is 10.2.